The Labute approximate surface area is 233 Å². The van der Waals surface area contributed by atoms with Crippen LogP contribution in [0.5, 0.6) is 11.8 Å². The highest BCUT2D eigenvalue weighted by Crippen LogP contribution is 2.41. The number of nitrogens with zero attached hydrogens (tertiary/aromatic N) is 5. The normalized spacial score (nSPS) is 22.8. The van der Waals surface area contributed by atoms with Gasteiger partial charge in [-0.3, -0.25) is 0 Å². The van der Waals surface area contributed by atoms with E-state index in [0.29, 0.717) is 24.6 Å². The molecule has 4 aliphatic heterocycles. The van der Waals surface area contributed by atoms with Crippen LogP contribution in [0.3, 0.4) is 0 Å². The summed E-state index contributed by atoms with van der Waals surface area (Å²) >= 11 is 3.54. The van der Waals surface area contributed by atoms with Crippen molar-refractivity contribution in [3.8, 4) is 11.8 Å². The lowest BCUT2D eigenvalue weighted by Gasteiger charge is -2.37. The number of likely N-dealkylation sites (tertiary alicyclic amines) is 1. The van der Waals surface area contributed by atoms with Gasteiger partial charge in [0.2, 0.25) is 0 Å². The first-order valence-electron chi connectivity index (χ1n) is 13.8. The number of phenols is 1. The molecular formula is C29H37BrN6O2. The molecule has 8 nitrogen and oxygen atoms in total. The van der Waals surface area contributed by atoms with Crippen LogP contribution < -0.4 is 19.9 Å². The second-order valence-corrected chi connectivity index (χ2v) is 11.8. The Hall–Kier alpha value is -2.62. The fourth-order valence-corrected chi connectivity index (χ4v) is 6.82. The first-order chi connectivity index (χ1) is 18.5. The number of hydrogen-bond acceptors (Lipinski definition) is 8. The zero-order valence-electron chi connectivity index (χ0n) is 22.3. The minimum Gasteiger partial charge on any atom is -0.507 e. The van der Waals surface area contributed by atoms with E-state index in [2.05, 4.69) is 49.1 Å². The van der Waals surface area contributed by atoms with E-state index in [1.807, 2.05) is 24.3 Å². The van der Waals surface area contributed by atoms with Gasteiger partial charge < -0.3 is 29.9 Å². The molecule has 0 radical (unpaired) electrons. The van der Waals surface area contributed by atoms with Gasteiger partial charge in [-0.05, 0) is 68.2 Å². The van der Waals surface area contributed by atoms with Crippen molar-refractivity contribution >= 4 is 38.2 Å². The van der Waals surface area contributed by atoms with Crippen molar-refractivity contribution in [3.63, 3.8) is 0 Å². The van der Waals surface area contributed by atoms with Crippen molar-refractivity contribution in [1.82, 2.24) is 20.2 Å². The lowest BCUT2D eigenvalue weighted by atomic mass is 10.0. The monoisotopic (exact) mass is 580 g/mol. The van der Waals surface area contributed by atoms with Crippen molar-refractivity contribution < 1.29 is 9.84 Å². The van der Waals surface area contributed by atoms with Crippen molar-refractivity contribution in [1.29, 1.82) is 0 Å². The first kappa shape index (κ1) is 25.6. The van der Waals surface area contributed by atoms with E-state index in [1.165, 1.54) is 44.3 Å². The predicted octanol–water partition coefficient (Wildman–Crippen LogP) is 4.32. The average molecular weight is 582 g/mol. The molecule has 3 aromatic rings. The Kier molecular flexibility index (Phi) is 7.33. The number of aromatic hydroxyl groups is 1. The Morgan fingerprint density at radius 2 is 1.71 bits per heavy atom. The topological polar surface area (TPSA) is 77.0 Å². The molecule has 9 heteroatoms. The van der Waals surface area contributed by atoms with E-state index in [-0.39, 0.29) is 5.75 Å². The molecule has 202 valence electrons. The molecule has 0 saturated carbocycles. The van der Waals surface area contributed by atoms with E-state index in [1.54, 1.807) is 7.11 Å². The summed E-state index contributed by atoms with van der Waals surface area (Å²) in [6.45, 7) is 6.11. The van der Waals surface area contributed by atoms with Gasteiger partial charge in [0, 0.05) is 59.8 Å². The molecule has 38 heavy (non-hydrogen) atoms. The minimum absolute atomic E-state index is 0.252. The quantitative estimate of drug-likeness (QED) is 0.474. The number of fused-ring (bicyclic) bond motifs is 4. The van der Waals surface area contributed by atoms with Crippen molar-refractivity contribution in [3.05, 3.63) is 46.1 Å². The molecule has 2 aromatic carbocycles. The summed E-state index contributed by atoms with van der Waals surface area (Å²) in [5.74, 6) is 1.29. The summed E-state index contributed by atoms with van der Waals surface area (Å²) in [5, 5.41) is 16.4. The molecule has 0 aliphatic carbocycles. The van der Waals surface area contributed by atoms with Gasteiger partial charge in [-0.1, -0.05) is 24.3 Å². The SMILES string of the molecule is CN1CCCC1.COc1nc2c(c(N3CC4CCC(C3)N4)n1)CCN(c1cc(O)c(Br)c3ccccc13)C2. The average Bonchev–Trinajstić information content (AvgIpc) is 3.57. The number of anilines is 2. The number of halogens is 1. The van der Waals surface area contributed by atoms with Crippen molar-refractivity contribution in [2.45, 2.75) is 50.7 Å². The molecule has 1 aromatic heterocycles. The molecule has 5 heterocycles. The molecule has 2 unspecified atom stereocenters. The second kappa shape index (κ2) is 10.9. The number of piperazine rings is 1. The van der Waals surface area contributed by atoms with Crippen LogP contribution in [0.2, 0.25) is 0 Å². The maximum Gasteiger partial charge on any atom is 0.318 e. The molecular weight excluding hydrogens is 544 g/mol. The maximum atomic E-state index is 10.5. The van der Waals surface area contributed by atoms with Gasteiger partial charge >= 0.3 is 6.01 Å². The molecule has 2 N–H and O–H groups in total. The summed E-state index contributed by atoms with van der Waals surface area (Å²) in [7, 11) is 3.81. The lowest BCUT2D eigenvalue weighted by molar-refractivity contribution is 0.374. The number of aromatic nitrogens is 2. The molecule has 0 amide bonds. The smallest absolute Gasteiger partial charge is 0.318 e. The van der Waals surface area contributed by atoms with Crippen molar-refractivity contribution in [2.24, 2.45) is 0 Å². The Morgan fingerprint density at radius 3 is 2.37 bits per heavy atom. The van der Waals surface area contributed by atoms with Crippen molar-refractivity contribution in [2.75, 3.05) is 56.7 Å². The van der Waals surface area contributed by atoms with Crippen LogP contribution in [0.25, 0.3) is 10.8 Å². The van der Waals surface area contributed by atoms with Gasteiger partial charge in [-0.2, -0.15) is 9.97 Å². The number of nitrogens with one attached hydrogen (secondary N) is 1. The van der Waals surface area contributed by atoms with Crippen LogP contribution in [-0.4, -0.2) is 78.9 Å². The summed E-state index contributed by atoms with van der Waals surface area (Å²) in [6, 6.07) is 11.5. The summed E-state index contributed by atoms with van der Waals surface area (Å²) in [4.78, 5) is 16.6. The number of methoxy groups -OCH3 is 1. The molecule has 7 rings (SSSR count). The summed E-state index contributed by atoms with van der Waals surface area (Å²) in [5.41, 5.74) is 3.26. The fourth-order valence-electron chi connectivity index (χ4n) is 6.36. The van der Waals surface area contributed by atoms with E-state index >= 15 is 0 Å². The second-order valence-electron chi connectivity index (χ2n) is 11.0. The summed E-state index contributed by atoms with van der Waals surface area (Å²) in [6.07, 6.45) is 6.16. The zero-order valence-corrected chi connectivity index (χ0v) is 23.9. The molecule has 4 aliphatic rings. The molecule has 2 atom stereocenters. The van der Waals surface area contributed by atoms with Crippen LogP contribution in [0.4, 0.5) is 11.5 Å². The van der Waals surface area contributed by atoms with Gasteiger partial charge in [-0.15, -0.1) is 0 Å². The summed E-state index contributed by atoms with van der Waals surface area (Å²) < 4.78 is 6.23. The number of phenolic OH excluding ortho intramolecular Hbond substituents is 1. The highest BCUT2D eigenvalue weighted by molar-refractivity contribution is 9.10. The molecule has 3 saturated heterocycles. The number of rotatable bonds is 3. The Balaban J connectivity index is 0.000000390. The molecule has 3 fully saturated rings. The van der Waals surface area contributed by atoms with Gasteiger partial charge in [0.1, 0.15) is 11.6 Å². The highest BCUT2D eigenvalue weighted by Gasteiger charge is 2.35. The third kappa shape index (κ3) is 5.03. The van der Waals surface area contributed by atoms with Gasteiger partial charge in [0.25, 0.3) is 0 Å². The third-order valence-electron chi connectivity index (χ3n) is 8.33. The van der Waals surface area contributed by atoms with E-state index in [0.717, 1.165) is 58.5 Å². The van der Waals surface area contributed by atoms with Crippen LogP contribution in [0.15, 0.2) is 34.8 Å². The van der Waals surface area contributed by atoms with Gasteiger partial charge in [0.15, 0.2) is 0 Å². The van der Waals surface area contributed by atoms with Crippen LogP contribution >= 0.6 is 15.9 Å². The Morgan fingerprint density at radius 1 is 1.00 bits per heavy atom. The standard InChI is InChI=1S/C24H26BrN5O2.C5H11N/c1-32-24-27-19-13-29(20-10-21(31)22(25)17-5-3-2-4-16(17)20)9-8-18(19)23(28-24)30-11-14-6-7-15(12-30)26-14;1-6-4-2-3-5-6/h2-5,10,14-15,26,31H,6-9,11-13H2,1H3;2-5H2,1H3. The molecule has 0 spiro atoms. The van der Waals surface area contributed by atoms with Gasteiger partial charge in [0.05, 0.1) is 23.8 Å². The van der Waals surface area contributed by atoms with Crippen LogP contribution in [-0.2, 0) is 13.0 Å². The van der Waals surface area contributed by atoms with E-state index < -0.39 is 0 Å². The predicted molar refractivity (Wildman–Crippen MR) is 156 cm³/mol. The van der Waals surface area contributed by atoms with E-state index in [9.17, 15) is 5.11 Å². The van der Waals surface area contributed by atoms with Gasteiger partial charge in [-0.25, -0.2) is 0 Å². The zero-order chi connectivity index (χ0) is 26.2. The highest BCUT2D eigenvalue weighted by atomic mass is 79.9. The Bertz CT molecular complexity index is 1300. The van der Waals surface area contributed by atoms with Crippen LogP contribution in [0, 0.1) is 0 Å². The lowest BCUT2D eigenvalue weighted by Crippen LogP contribution is -2.52. The number of benzene rings is 2. The van der Waals surface area contributed by atoms with E-state index in [4.69, 9.17) is 14.7 Å². The van der Waals surface area contributed by atoms with Crippen LogP contribution in [0.1, 0.15) is 36.9 Å². The first-order valence-corrected chi connectivity index (χ1v) is 14.6. The third-order valence-corrected chi connectivity index (χ3v) is 9.16. The maximum absolute atomic E-state index is 10.5. The number of hydrogen-bond donors (Lipinski definition) is 2. The fraction of sp³-hybridized carbons (Fsp3) is 0.517. The minimum atomic E-state index is 0.252. The molecule has 2 bridgehead atoms. The number of ether oxygens (including phenoxy) is 1. The largest absolute Gasteiger partial charge is 0.507 e.